The van der Waals surface area contributed by atoms with Crippen molar-refractivity contribution in [3.63, 3.8) is 0 Å². The molecular weight excluding hydrogens is 510 g/mol. The minimum Gasteiger partial charge on any atom is -0.462 e. The molecule has 12 nitrogen and oxygen atoms in total. The summed E-state index contributed by atoms with van der Waals surface area (Å²) in [4.78, 5) is 74.1. The van der Waals surface area contributed by atoms with E-state index in [0.29, 0.717) is 6.42 Å². The average molecular weight is 542 g/mol. The molecule has 0 radical (unpaired) electrons. The Morgan fingerprint density at radius 3 is 2.03 bits per heavy atom. The lowest BCUT2D eigenvalue weighted by Crippen LogP contribution is -2.52. The van der Waals surface area contributed by atoms with Gasteiger partial charge in [0.1, 0.15) is 11.6 Å². The summed E-state index contributed by atoms with van der Waals surface area (Å²) in [5.74, 6) is -4.89. The lowest BCUT2D eigenvalue weighted by atomic mass is 9.95. The number of hydrogen-bond acceptors (Lipinski definition) is 12. The van der Waals surface area contributed by atoms with Gasteiger partial charge in [-0.1, -0.05) is 0 Å². The molecule has 1 aliphatic carbocycles. The molecule has 0 spiro atoms. The van der Waals surface area contributed by atoms with Gasteiger partial charge in [0.25, 0.3) is 5.91 Å². The number of rotatable bonds is 11. The number of fused-ring (bicyclic) bond motifs is 1. The van der Waals surface area contributed by atoms with Crippen LogP contribution in [0.4, 0.5) is 5.00 Å². The number of aryl methyl sites for hydroxylation is 1. The first-order valence-electron chi connectivity index (χ1n) is 11.7. The van der Waals surface area contributed by atoms with Gasteiger partial charge in [0.15, 0.2) is 12.2 Å². The minimum absolute atomic E-state index is 0.127. The number of carbonyl (C=O) groups excluding carboxylic acids is 6. The molecule has 0 saturated carbocycles. The van der Waals surface area contributed by atoms with E-state index in [4.69, 9.17) is 23.7 Å². The van der Waals surface area contributed by atoms with E-state index in [1.165, 1.54) is 11.3 Å². The highest BCUT2D eigenvalue weighted by atomic mass is 32.1. The number of amides is 1. The van der Waals surface area contributed by atoms with Crippen LogP contribution in [0.15, 0.2) is 0 Å². The molecule has 3 atom stereocenters. The van der Waals surface area contributed by atoms with Crippen LogP contribution in [0.3, 0.4) is 0 Å². The normalized spacial score (nSPS) is 14.7. The molecule has 204 valence electrons. The molecule has 0 saturated heterocycles. The molecule has 0 fully saturated rings. The maximum absolute atomic E-state index is 13.5. The molecule has 0 aromatic carbocycles. The van der Waals surface area contributed by atoms with Gasteiger partial charge in [-0.2, -0.15) is 0 Å². The Kier molecular flexibility index (Phi) is 11.0. The predicted molar refractivity (Wildman–Crippen MR) is 129 cm³/mol. The van der Waals surface area contributed by atoms with Crippen LogP contribution in [-0.4, -0.2) is 67.3 Å². The lowest BCUT2D eigenvalue weighted by Gasteiger charge is -2.30. The summed E-state index contributed by atoms with van der Waals surface area (Å²) >= 11 is 1.20. The largest absolute Gasteiger partial charge is 0.462 e. The quantitative estimate of drug-likeness (QED) is 0.323. The number of anilines is 1. The van der Waals surface area contributed by atoms with Crippen LogP contribution in [0.25, 0.3) is 0 Å². The number of nitrogens with one attached hydrogen (secondary N) is 1. The molecule has 37 heavy (non-hydrogen) atoms. The van der Waals surface area contributed by atoms with Crippen LogP contribution >= 0.6 is 11.3 Å². The first-order chi connectivity index (χ1) is 17.4. The van der Waals surface area contributed by atoms with E-state index in [-0.39, 0.29) is 17.2 Å². The maximum atomic E-state index is 13.5. The van der Waals surface area contributed by atoms with Gasteiger partial charge in [0, 0.05) is 32.6 Å². The first-order valence-corrected chi connectivity index (χ1v) is 12.5. The number of esters is 5. The van der Waals surface area contributed by atoms with Gasteiger partial charge in [0.2, 0.25) is 6.10 Å². The second-order valence-corrected chi connectivity index (χ2v) is 9.28. The van der Waals surface area contributed by atoms with Crippen molar-refractivity contribution in [1.82, 2.24) is 0 Å². The van der Waals surface area contributed by atoms with Gasteiger partial charge in [-0.05, 0) is 38.2 Å². The van der Waals surface area contributed by atoms with E-state index in [9.17, 15) is 28.8 Å². The van der Waals surface area contributed by atoms with Crippen molar-refractivity contribution in [2.24, 2.45) is 0 Å². The Balaban J connectivity index is 2.49. The highest BCUT2D eigenvalue weighted by molar-refractivity contribution is 7.17. The van der Waals surface area contributed by atoms with E-state index >= 15 is 0 Å². The Morgan fingerprint density at radius 1 is 0.838 bits per heavy atom. The summed E-state index contributed by atoms with van der Waals surface area (Å²) in [6.45, 7) is 5.45. The molecule has 1 aromatic heterocycles. The molecular formula is C24H31NO11S. The zero-order chi connectivity index (χ0) is 27.7. The molecule has 13 heteroatoms. The Morgan fingerprint density at radius 2 is 1.46 bits per heavy atom. The van der Waals surface area contributed by atoms with Crippen molar-refractivity contribution < 1.29 is 52.5 Å². The molecule has 1 aliphatic rings. The topological polar surface area (TPSA) is 161 Å². The number of thiophene rings is 1. The summed E-state index contributed by atoms with van der Waals surface area (Å²) in [5, 5.41) is 2.79. The predicted octanol–water partition coefficient (Wildman–Crippen LogP) is 2.10. The van der Waals surface area contributed by atoms with Gasteiger partial charge in [-0.15, -0.1) is 11.3 Å². The highest BCUT2D eigenvalue weighted by Gasteiger charge is 2.43. The zero-order valence-electron chi connectivity index (χ0n) is 21.4. The maximum Gasteiger partial charge on any atom is 0.341 e. The molecule has 1 aromatic rings. The van der Waals surface area contributed by atoms with E-state index in [0.717, 1.165) is 57.4 Å². The van der Waals surface area contributed by atoms with Crippen molar-refractivity contribution in [3.8, 4) is 0 Å². The molecule has 1 heterocycles. The molecule has 1 amide bonds. The van der Waals surface area contributed by atoms with E-state index in [2.05, 4.69) is 5.32 Å². The fourth-order valence-corrected chi connectivity index (χ4v) is 5.12. The fourth-order valence-electron chi connectivity index (χ4n) is 3.84. The molecule has 1 N–H and O–H groups in total. The third kappa shape index (κ3) is 8.55. The van der Waals surface area contributed by atoms with Crippen molar-refractivity contribution in [3.05, 3.63) is 16.0 Å². The zero-order valence-corrected chi connectivity index (χ0v) is 22.2. The Labute approximate surface area is 217 Å². The summed E-state index contributed by atoms with van der Waals surface area (Å²) < 4.78 is 25.7. The second kappa shape index (κ2) is 13.7. The van der Waals surface area contributed by atoms with Crippen LogP contribution in [0.5, 0.6) is 0 Å². The van der Waals surface area contributed by atoms with Crippen LogP contribution in [0.1, 0.15) is 68.3 Å². The van der Waals surface area contributed by atoms with Crippen molar-refractivity contribution >= 4 is 52.1 Å². The fraction of sp³-hybridized carbons (Fsp3) is 0.583. The Hall–Kier alpha value is -3.48. The van der Waals surface area contributed by atoms with Crippen LogP contribution in [0, 0.1) is 0 Å². The molecule has 0 aliphatic heterocycles. The van der Waals surface area contributed by atoms with Crippen LogP contribution < -0.4 is 5.32 Å². The van der Waals surface area contributed by atoms with Gasteiger partial charge < -0.3 is 29.0 Å². The number of carbonyl (C=O) groups is 6. The summed E-state index contributed by atoms with van der Waals surface area (Å²) in [5.41, 5.74) is 1.01. The van der Waals surface area contributed by atoms with Crippen molar-refractivity contribution in [2.75, 3.05) is 18.5 Å². The summed E-state index contributed by atoms with van der Waals surface area (Å²) in [6.07, 6.45) is -1.83. The SMILES string of the molecule is CCOC(=O)c1c(NC(=O)[C@H](OC(C)=O)[C@H](OC(C)=O)[C@@H](COC(C)=O)OC(C)=O)sc2c1CCCC2. The second-order valence-electron chi connectivity index (χ2n) is 8.18. The monoisotopic (exact) mass is 541 g/mol. The van der Waals surface area contributed by atoms with Gasteiger partial charge >= 0.3 is 29.8 Å². The third-order valence-corrected chi connectivity index (χ3v) is 6.38. The van der Waals surface area contributed by atoms with E-state index in [1.807, 2.05) is 0 Å². The number of ether oxygens (including phenoxy) is 5. The molecule has 0 unspecified atom stereocenters. The Bertz CT molecular complexity index is 1050. The van der Waals surface area contributed by atoms with Crippen molar-refractivity contribution in [1.29, 1.82) is 0 Å². The number of hydrogen-bond donors (Lipinski definition) is 1. The van der Waals surface area contributed by atoms with Gasteiger partial charge in [-0.25, -0.2) is 4.79 Å². The van der Waals surface area contributed by atoms with Crippen LogP contribution in [0.2, 0.25) is 0 Å². The van der Waals surface area contributed by atoms with Crippen LogP contribution in [-0.2, 0) is 60.5 Å². The molecule has 2 rings (SSSR count). The average Bonchev–Trinajstić information content (AvgIpc) is 3.16. The van der Waals surface area contributed by atoms with E-state index < -0.39 is 60.7 Å². The van der Waals surface area contributed by atoms with E-state index in [1.54, 1.807) is 6.92 Å². The standard InChI is InChI=1S/C24H31NO11S/c1-6-32-24(31)19-16-9-7-8-10-18(16)37-23(19)25-22(30)21(36-15(5)29)20(35-14(4)28)17(34-13(3)27)11-33-12(2)26/h17,20-21H,6-11H2,1-5H3,(H,25,30)/t17-,20-,21-/m1/s1. The minimum atomic E-state index is -1.82. The summed E-state index contributed by atoms with van der Waals surface area (Å²) in [6, 6.07) is 0. The smallest absolute Gasteiger partial charge is 0.341 e. The first kappa shape index (κ1) is 29.7. The lowest BCUT2D eigenvalue weighted by molar-refractivity contribution is -0.190. The third-order valence-electron chi connectivity index (χ3n) is 5.17. The summed E-state index contributed by atoms with van der Waals surface area (Å²) in [7, 11) is 0. The van der Waals surface area contributed by atoms with Gasteiger partial charge in [-0.3, -0.25) is 24.0 Å². The van der Waals surface area contributed by atoms with Gasteiger partial charge in [0.05, 0.1) is 12.2 Å². The highest BCUT2D eigenvalue weighted by Crippen LogP contribution is 2.39. The molecule has 0 bridgehead atoms. The van der Waals surface area contributed by atoms with Crippen molar-refractivity contribution in [2.45, 2.75) is 78.6 Å².